The Morgan fingerprint density at radius 2 is 1.45 bits per heavy atom. The quantitative estimate of drug-likeness (QED) is 0.757. The summed E-state index contributed by atoms with van der Waals surface area (Å²) >= 11 is 0. The maximum absolute atomic E-state index is 10.8. The van der Waals surface area contributed by atoms with Gasteiger partial charge in [-0.15, -0.1) is 0 Å². The summed E-state index contributed by atoms with van der Waals surface area (Å²) < 4.78 is 0. The lowest BCUT2D eigenvalue weighted by Gasteiger charge is -2.33. The van der Waals surface area contributed by atoms with E-state index in [1.165, 1.54) is 11.1 Å². The molecule has 0 aromatic heterocycles. The number of aryl methyl sites for hydroxylation is 2. The van der Waals surface area contributed by atoms with Crippen LogP contribution in [-0.2, 0) is 17.3 Å². The highest BCUT2D eigenvalue weighted by Crippen LogP contribution is 2.43. The molecule has 0 heterocycles. The second-order valence-corrected chi connectivity index (χ2v) is 8.05. The summed E-state index contributed by atoms with van der Waals surface area (Å²) in [6.07, 6.45) is 3.26. The van der Waals surface area contributed by atoms with Gasteiger partial charge in [0, 0.05) is 5.56 Å². The third-order valence-corrected chi connectivity index (χ3v) is 3.88. The zero-order valence-electron chi connectivity index (χ0n) is 14.6. The molecule has 114 valence electrons. The molecule has 0 fully saturated rings. The molecular weight excluding hydrogens is 244 g/mol. The summed E-state index contributed by atoms with van der Waals surface area (Å²) in [5.74, 6) is 0.529. The summed E-state index contributed by atoms with van der Waals surface area (Å²) in [6, 6.07) is 2.20. The van der Waals surface area contributed by atoms with Gasteiger partial charge in [-0.05, 0) is 47.3 Å². The van der Waals surface area contributed by atoms with Gasteiger partial charge in [-0.3, -0.25) is 0 Å². The summed E-state index contributed by atoms with van der Waals surface area (Å²) in [6.45, 7) is 17.7. The van der Waals surface area contributed by atoms with E-state index in [1.807, 2.05) is 0 Å². The Kier molecular flexibility index (Phi) is 4.94. The average Bonchev–Trinajstić information content (AvgIpc) is 2.26. The van der Waals surface area contributed by atoms with Gasteiger partial charge in [0.15, 0.2) is 0 Å². The van der Waals surface area contributed by atoms with E-state index in [0.717, 1.165) is 30.4 Å². The molecule has 0 unspecified atom stereocenters. The Hall–Kier alpha value is -0.980. The first kappa shape index (κ1) is 17.1. The van der Waals surface area contributed by atoms with Crippen LogP contribution in [0.5, 0.6) is 5.75 Å². The first-order valence-corrected chi connectivity index (χ1v) is 7.86. The van der Waals surface area contributed by atoms with E-state index >= 15 is 0 Å². The number of phenolic OH excluding ortho intramolecular Hbond substituents is 1. The minimum absolute atomic E-state index is 0.0420. The molecule has 0 aliphatic rings. The van der Waals surface area contributed by atoms with E-state index in [-0.39, 0.29) is 10.8 Å². The van der Waals surface area contributed by atoms with Crippen LogP contribution in [0.15, 0.2) is 6.07 Å². The van der Waals surface area contributed by atoms with Crippen molar-refractivity contribution in [1.29, 1.82) is 0 Å². The smallest absolute Gasteiger partial charge is 0.122 e. The van der Waals surface area contributed by atoms with Gasteiger partial charge < -0.3 is 5.11 Å². The maximum Gasteiger partial charge on any atom is 0.122 e. The molecule has 1 nitrogen and oxygen atoms in total. The second kappa shape index (κ2) is 5.79. The topological polar surface area (TPSA) is 20.2 Å². The molecule has 0 bridgehead atoms. The van der Waals surface area contributed by atoms with Crippen molar-refractivity contribution in [2.45, 2.75) is 85.5 Å². The molecule has 0 aliphatic carbocycles. The van der Waals surface area contributed by atoms with E-state index in [0.29, 0.717) is 5.75 Å². The Bertz CT molecular complexity index is 470. The lowest BCUT2D eigenvalue weighted by molar-refractivity contribution is 0.427. The third-order valence-electron chi connectivity index (χ3n) is 3.88. The molecule has 20 heavy (non-hydrogen) atoms. The van der Waals surface area contributed by atoms with Crippen LogP contribution < -0.4 is 0 Å². The SMILES string of the molecule is CCCCc1cc(C)c(C(C)(C)C)c(C(C)(C)C)c1O. The number of hydrogen-bond acceptors (Lipinski definition) is 1. The highest BCUT2D eigenvalue weighted by molar-refractivity contribution is 5.55. The van der Waals surface area contributed by atoms with E-state index < -0.39 is 0 Å². The van der Waals surface area contributed by atoms with Gasteiger partial charge >= 0.3 is 0 Å². The van der Waals surface area contributed by atoms with Crippen LogP contribution in [0.2, 0.25) is 0 Å². The molecule has 0 saturated heterocycles. The molecule has 0 aliphatic heterocycles. The number of aromatic hydroxyl groups is 1. The molecule has 0 atom stereocenters. The van der Waals surface area contributed by atoms with Crippen molar-refractivity contribution in [1.82, 2.24) is 0 Å². The monoisotopic (exact) mass is 276 g/mol. The molecule has 0 spiro atoms. The Labute approximate surface area is 125 Å². The van der Waals surface area contributed by atoms with Gasteiger partial charge in [0.25, 0.3) is 0 Å². The van der Waals surface area contributed by atoms with Crippen molar-refractivity contribution in [3.05, 3.63) is 28.3 Å². The fourth-order valence-corrected chi connectivity index (χ4v) is 3.13. The first-order chi connectivity index (χ1) is 9.00. The van der Waals surface area contributed by atoms with Crippen LogP contribution in [0.25, 0.3) is 0 Å². The normalized spacial score (nSPS) is 12.8. The van der Waals surface area contributed by atoms with E-state index in [9.17, 15) is 5.11 Å². The van der Waals surface area contributed by atoms with Crippen LogP contribution in [-0.4, -0.2) is 5.11 Å². The van der Waals surface area contributed by atoms with Crippen molar-refractivity contribution in [3.8, 4) is 5.75 Å². The van der Waals surface area contributed by atoms with Crippen molar-refractivity contribution < 1.29 is 5.11 Å². The molecule has 1 aromatic carbocycles. The Balaban J connectivity index is 3.59. The summed E-state index contributed by atoms with van der Waals surface area (Å²) in [5, 5.41) is 10.8. The number of phenols is 1. The number of unbranched alkanes of at least 4 members (excludes halogenated alkanes) is 1. The lowest BCUT2D eigenvalue weighted by atomic mass is 9.72. The van der Waals surface area contributed by atoms with Crippen LogP contribution in [0.4, 0.5) is 0 Å². The van der Waals surface area contributed by atoms with E-state index in [2.05, 4.69) is 61.5 Å². The molecule has 1 rings (SSSR count). The Morgan fingerprint density at radius 3 is 1.85 bits per heavy atom. The highest BCUT2D eigenvalue weighted by atomic mass is 16.3. The number of benzene rings is 1. The maximum atomic E-state index is 10.8. The minimum atomic E-state index is -0.0420. The molecular formula is C19H32O. The highest BCUT2D eigenvalue weighted by Gasteiger charge is 2.30. The molecule has 0 saturated carbocycles. The largest absolute Gasteiger partial charge is 0.507 e. The van der Waals surface area contributed by atoms with Crippen LogP contribution in [0, 0.1) is 6.92 Å². The van der Waals surface area contributed by atoms with Gasteiger partial charge in [-0.25, -0.2) is 0 Å². The molecule has 0 radical (unpaired) electrons. The van der Waals surface area contributed by atoms with E-state index in [1.54, 1.807) is 0 Å². The van der Waals surface area contributed by atoms with Crippen molar-refractivity contribution in [2.24, 2.45) is 0 Å². The minimum Gasteiger partial charge on any atom is -0.507 e. The standard InChI is InChI=1S/C19H32O/c1-9-10-11-14-12-13(2)15(18(3,4)5)16(17(14)20)19(6,7)8/h12,20H,9-11H2,1-8H3. The van der Waals surface area contributed by atoms with Gasteiger partial charge in [-0.2, -0.15) is 0 Å². The van der Waals surface area contributed by atoms with Crippen LogP contribution in [0.1, 0.15) is 83.6 Å². The molecule has 1 aromatic rings. The third kappa shape index (κ3) is 3.56. The lowest BCUT2D eigenvalue weighted by Crippen LogP contribution is -2.24. The van der Waals surface area contributed by atoms with Gasteiger partial charge in [0.05, 0.1) is 0 Å². The molecule has 1 heteroatoms. The molecule has 0 amide bonds. The van der Waals surface area contributed by atoms with Crippen molar-refractivity contribution in [2.75, 3.05) is 0 Å². The number of hydrogen-bond donors (Lipinski definition) is 1. The summed E-state index contributed by atoms with van der Waals surface area (Å²) in [7, 11) is 0. The van der Waals surface area contributed by atoms with Gasteiger partial charge in [0.1, 0.15) is 5.75 Å². The summed E-state index contributed by atoms with van der Waals surface area (Å²) in [4.78, 5) is 0. The predicted molar refractivity (Wildman–Crippen MR) is 88.9 cm³/mol. The first-order valence-electron chi connectivity index (χ1n) is 7.86. The zero-order valence-corrected chi connectivity index (χ0v) is 14.6. The van der Waals surface area contributed by atoms with Crippen molar-refractivity contribution >= 4 is 0 Å². The zero-order chi connectivity index (χ0) is 15.7. The van der Waals surface area contributed by atoms with Crippen LogP contribution >= 0.6 is 0 Å². The number of rotatable bonds is 3. The van der Waals surface area contributed by atoms with Crippen LogP contribution in [0.3, 0.4) is 0 Å². The van der Waals surface area contributed by atoms with Gasteiger partial charge in [0.2, 0.25) is 0 Å². The average molecular weight is 276 g/mol. The van der Waals surface area contributed by atoms with Crippen molar-refractivity contribution in [3.63, 3.8) is 0 Å². The van der Waals surface area contributed by atoms with Gasteiger partial charge in [-0.1, -0.05) is 61.0 Å². The van der Waals surface area contributed by atoms with E-state index in [4.69, 9.17) is 0 Å². The fourth-order valence-electron chi connectivity index (χ4n) is 3.13. The Morgan fingerprint density at radius 1 is 0.950 bits per heavy atom. The molecule has 1 N–H and O–H groups in total. The summed E-state index contributed by atoms with van der Waals surface area (Å²) in [5.41, 5.74) is 4.88. The predicted octanol–water partition coefficient (Wildman–Crippen LogP) is 5.64. The second-order valence-electron chi connectivity index (χ2n) is 8.05. The fraction of sp³-hybridized carbons (Fsp3) is 0.684.